The van der Waals surface area contributed by atoms with Crippen molar-refractivity contribution in [3.05, 3.63) is 34.0 Å². The summed E-state index contributed by atoms with van der Waals surface area (Å²) in [7, 11) is 0. The van der Waals surface area contributed by atoms with Crippen LogP contribution < -0.4 is 5.69 Å². The van der Waals surface area contributed by atoms with Gasteiger partial charge in [0.2, 0.25) is 5.75 Å². The van der Waals surface area contributed by atoms with Crippen LogP contribution in [0.1, 0.15) is 5.56 Å². The van der Waals surface area contributed by atoms with Crippen LogP contribution in [-0.2, 0) is 11.2 Å². The zero-order chi connectivity index (χ0) is 15.8. The maximum absolute atomic E-state index is 13.8. The van der Waals surface area contributed by atoms with Gasteiger partial charge in [0.05, 0.1) is 0 Å². The van der Waals surface area contributed by atoms with Gasteiger partial charge >= 0.3 is 11.9 Å². The quantitative estimate of drug-likeness (QED) is 0.676. The normalized spacial score (nSPS) is 13.4. The maximum Gasteiger partial charge on any atom is 0.433 e. The van der Waals surface area contributed by atoms with E-state index in [1.54, 1.807) is 0 Å². The van der Waals surface area contributed by atoms with Crippen molar-refractivity contribution >= 4 is 11.2 Å². The third-order valence-corrected chi connectivity index (χ3v) is 4.00. The summed E-state index contributed by atoms with van der Waals surface area (Å²) < 4.78 is 63.0. The van der Waals surface area contributed by atoms with Crippen LogP contribution in [-0.4, -0.2) is 36.7 Å². The second-order valence-corrected chi connectivity index (χ2v) is 5.51. The van der Waals surface area contributed by atoms with Gasteiger partial charge in [-0.3, -0.25) is 0 Å². The molecule has 0 aliphatic heterocycles. The van der Waals surface area contributed by atoms with Gasteiger partial charge < -0.3 is 4.55 Å². The van der Waals surface area contributed by atoms with Gasteiger partial charge in [0.25, 0.3) is 0 Å². The molecule has 0 amide bonds. The molecule has 1 aromatic heterocycles. The van der Waals surface area contributed by atoms with Crippen LogP contribution >= 0.6 is 0 Å². The van der Waals surface area contributed by atoms with Crippen molar-refractivity contribution in [3.63, 3.8) is 0 Å². The van der Waals surface area contributed by atoms with E-state index in [0.717, 1.165) is 12.1 Å². The van der Waals surface area contributed by atoms with E-state index >= 15 is 0 Å². The Hall–Kier alpha value is -1.88. The average molecular weight is 324 g/mol. The first-order chi connectivity index (χ1) is 9.69. The summed E-state index contributed by atoms with van der Waals surface area (Å²) in [6.45, 7) is 1.32. The zero-order valence-corrected chi connectivity index (χ0v) is 11.3. The largest absolute Gasteiger partial charge is 0.611 e. The molecule has 1 unspecified atom stereocenters. The number of tetrazole rings is 1. The van der Waals surface area contributed by atoms with Crippen LogP contribution in [0, 0.1) is 12.7 Å². The predicted octanol–water partition coefficient (Wildman–Crippen LogP) is 1.07. The molecule has 1 N–H and O–H groups in total. The van der Waals surface area contributed by atoms with E-state index in [9.17, 15) is 26.9 Å². The minimum absolute atomic E-state index is 0.0791. The summed E-state index contributed by atoms with van der Waals surface area (Å²) in [6, 6.07) is 1.79. The Labute approximate surface area is 117 Å². The summed E-state index contributed by atoms with van der Waals surface area (Å²) in [5.74, 6) is -2.46. The molecule has 0 fully saturated rings. The van der Waals surface area contributed by atoms with Gasteiger partial charge in [0.1, 0.15) is 11.5 Å². The van der Waals surface area contributed by atoms with Crippen molar-refractivity contribution in [2.24, 2.45) is 0 Å². The van der Waals surface area contributed by atoms with Crippen molar-refractivity contribution in [3.8, 4) is 5.69 Å². The summed E-state index contributed by atoms with van der Waals surface area (Å²) in [6.07, 6.45) is -4.63. The molecule has 1 heterocycles. The fraction of sp³-hybridized carbons (Fsp3) is 0.300. The van der Waals surface area contributed by atoms with E-state index < -0.39 is 40.3 Å². The van der Waals surface area contributed by atoms with Gasteiger partial charge in [-0.2, -0.15) is 17.9 Å². The zero-order valence-electron chi connectivity index (χ0n) is 10.4. The second kappa shape index (κ2) is 5.48. The lowest BCUT2D eigenvalue weighted by Crippen LogP contribution is -2.24. The first-order valence-electron chi connectivity index (χ1n) is 5.45. The lowest BCUT2D eigenvalue weighted by atomic mass is 10.2. The molecule has 0 spiro atoms. The third-order valence-electron chi connectivity index (χ3n) is 2.48. The molecule has 114 valence electrons. The molecule has 0 bridgehead atoms. The number of rotatable bonds is 3. The number of hydrogen-bond acceptors (Lipinski definition) is 4. The minimum atomic E-state index is -4.63. The smallest absolute Gasteiger partial charge is 0.433 e. The second-order valence-electron chi connectivity index (χ2n) is 4.09. The van der Waals surface area contributed by atoms with E-state index in [1.807, 2.05) is 5.10 Å². The molecule has 21 heavy (non-hydrogen) atoms. The fourth-order valence-corrected chi connectivity index (χ4v) is 2.75. The van der Waals surface area contributed by atoms with Crippen LogP contribution in [0.3, 0.4) is 0 Å². The van der Waals surface area contributed by atoms with E-state index in [2.05, 4.69) is 10.4 Å². The summed E-state index contributed by atoms with van der Waals surface area (Å²) in [5, 5.41) is 8.36. The lowest BCUT2D eigenvalue weighted by molar-refractivity contribution is -0.106. The van der Waals surface area contributed by atoms with Crippen LogP contribution in [0.25, 0.3) is 5.69 Å². The highest BCUT2D eigenvalue weighted by Crippen LogP contribution is 2.27. The lowest BCUT2D eigenvalue weighted by Gasteiger charge is -2.15. The average Bonchev–Trinajstić information content (AvgIpc) is 2.73. The van der Waals surface area contributed by atoms with E-state index in [4.69, 9.17) is 0 Å². The van der Waals surface area contributed by atoms with Gasteiger partial charge in [-0.15, -0.1) is 0 Å². The predicted molar refractivity (Wildman–Crippen MR) is 64.0 cm³/mol. The highest BCUT2D eigenvalue weighted by atomic mass is 32.2. The van der Waals surface area contributed by atoms with Gasteiger partial charge in [0.15, 0.2) is 4.90 Å². The molecule has 6 nitrogen and oxygen atoms in total. The highest BCUT2D eigenvalue weighted by molar-refractivity contribution is 7.91. The van der Waals surface area contributed by atoms with E-state index in [1.165, 1.54) is 6.92 Å². The van der Waals surface area contributed by atoms with Crippen molar-refractivity contribution in [1.82, 2.24) is 20.2 Å². The molecule has 0 aliphatic carbocycles. The molecule has 0 radical (unpaired) electrons. The van der Waals surface area contributed by atoms with Gasteiger partial charge in [-0.1, -0.05) is 0 Å². The number of benzene rings is 1. The van der Waals surface area contributed by atoms with Crippen molar-refractivity contribution < 1.29 is 22.1 Å². The molecular weight excluding hydrogens is 316 g/mol. The molecule has 11 heteroatoms. The molecular formula is C10H8F4N4O2S. The highest BCUT2D eigenvalue weighted by Gasteiger charge is 2.36. The number of aromatic amines is 1. The summed E-state index contributed by atoms with van der Waals surface area (Å²) >= 11 is -2.42. The van der Waals surface area contributed by atoms with Crippen LogP contribution in [0.15, 0.2) is 21.8 Å². The SMILES string of the molecule is Cc1cc(F)c(-n2nn[nH]c2=O)cc1[S+]([O-])CC(F)(F)F. The van der Waals surface area contributed by atoms with E-state index in [0.29, 0.717) is 4.68 Å². The molecule has 0 saturated carbocycles. The molecule has 0 aliphatic rings. The number of aromatic nitrogens is 4. The Bertz CT molecular complexity index is 712. The maximum atomic E-state index is 13.8. The summed E-state index contributed by atoms with van der Waals surface area (Å²) in [4.78, 5) is 11.1. The third kappa shape index (κ3) is 3.42. The Morgan fingerprint density at radius 3 is 2.62 bits per heavy atom. The first kappa shape index (κ1) is 15.5. The first-order valence-corrected chi connectivity index (χ1v) is 6.77. The Morgan fingerprint density at radius 2 is 2.10 bits per heavy atom. The number of nitrogens with one attached hydrogen (secondary N) is 1. The summed E-state index contributed by atoms with van der Waals surface area (Å²) in [5.41, 5.74) is -1.22. The van der Waals surface area contributed by atoms with Crippen LogP contribution in [0.5, 0.6) is 0 Å². The fourth-order valence-electron chi connectivity index (χ4n) is 1.63. The van der Waals surface area contributed by atoms with Gasteiger partial charge in [0, 0.05) is 11.6 Å². The topological polar surface area (TPSA) is 86.6 Å². The number of hydrogen-bond donors (Lipinski definition) is 1. The number of alkyl halides is 3. The van der Waals surface area contributed by atoms with Crippen molar-refractivity contribution in [2.45, 2.75) is 18.0 Å². The Morgan fingerprint density at radius 1 is 1.43 bits per heavy atom. The van der Waals surface area contributed by atoms with E-state index in [-0.39, 0.29) is 10.5 Å². The van der Waals surface area contributed by atoms with Gasteiger partial charge in [-0.25, -0.2) is 14.3 Å². The molecule has 0 saturated heterocycles. The number of H-pyrrole nitrogens is 1. The molecule has 2 rings (SSSR count). The number of nitrogens with zero attached hydrogens (tertiary/aromatic N) is 3. The number of aryl methyl sites for hydroxylation is 1. The van der Waals surface area contributed by atoms with Crippen molar-refractivity contribution in [2.75, 3.05) is 5.75 Å². The van der Waals surface area contributed by atoms with Crippen molar-refractivity contribution in [1.29, 1.82) is 0 Å². The minimum Gasteiger partial charge on any atom is -0.611 e. The Balaban J connectivity index is 2.49. The Kier molecular flexibility index (Phi) is 4.05. The molecule has 2 aromatic rings. The van der Waals surface area contributed by atoms with Crippen LogP contribution in [0.2, 0.25) is 0 Å². The monoisotopic (exact) mass is 324 g/mol. The standard InChI is InChI=1S/C10H8F4N4O2S/c1-5-2-6(11)7(18-9(19)15-16-17-18)3-8(5)21(20)4-10(12,13)14/h2-3H,4H2,1H3,(H,15,17,19). The molecule has 1 atom stereocenters. The van der Waals surface area contributed by atoms with Crippen LogP contribution in [0.4, 0.5) is 17.6 Å². The van der Waals surface area contributed by atoms with Gasteiger partial charge in [-0.05, 0) is 34.6 Å². The molecule has 1 aromatic carbocycles. The number of halogens is 4.